The third kappa shape index (κ3) is 7.41. The first-order valence-electron chi connectivity index (χ1n) is 13.2. The standard InChI is InChI=1S/C28H47N/c1-3-5-7-8-9-11-23-12-15-25(16-13-23)26-17-19-27(20-18-26)28-21-14-24(22-29-28)10-6-4-2/h14,21-23,25-27H,3-13,15-20H2,1-2H3/t23-,25-,26?,27?. The molecule has 1 heteroatoms. The molecule has 1 aromatic heterocycles. The lowest BCUT2D eigenvalue weighted by Gasteiger charge is -2.38. The zero-order chi connectivity index (χ0) is 20.3. The molecule has 3 rings (SSSR count). The molecule has 2 fully saturated rings. The number of aryl methyl sites for hydroxylation is 1. The molecular formula is C28H47N. The quantitative estimate of drug-likeness (QED) is 0.340. The van der Waals surface area contributed by atoms with Crippen LogP contribution in [0.25, 0.3) is 0 Å². The lowest BCUT2D eigenvalue weighted by molar-refractivity contribution is 0.155. The molecule has 2 aliphatic carbocycles. The zero-order valence-electron chi connectivity index (χ0n) is 19.5. The summed E-state index contributed by atoms with van der Waals surface area (Å²) < 4.78 is 0. The maximum atomic E-state index is 4.85. The Bertz CT molecular complexity index is 532. The number of nitrogens with zero attached hydrogens (tertiary/aromatic N) is 1. The van der Waals surface area contributed by atoms with Gasteiger partial charge < -0.3 is 0 Å². The van der Waals surface area contributed by atoms with E-state index in [1.54, 1.807) is 0 Å². The number of rotatable bonds is 11. The van der Waals surface area contributed by atoms with Gasteiger partial charge in [0.2, 0.25) is 0 Å². The van der Waals surface area contributed by atoms with Gasteiger partial charge in [-0.1, -0.05) is 77.7 Å². The maximum absolute atomic E-state index is 4.85. The molecule has 0 unspecified atom stereocenters. The van der Waals surface area contributed by atoms with E-state index >= 15 is 0 Å². The van der Waals surface area contributed by atoms with E-state index in [1.165, 1.54) is 120 Å². The minimum absolute atomic E-state index is 0.728. The fourth-order valence-corrected chi connectivity index (χ4v) is 6.08. The van der Waals surface area contributed by atoms with E-state index in [4.69, 9.17) is 4.98 Å². The Morgan fingerprint density at radius 2 is 1.38 bits per heavy atom. The molecule has 0 amide bonds. The highest BCUT2D eigenvalue weighted by molar-refractivity contribution is 5.17. The van der Waals surface area contributed by atoms with Crippen LogP contribution in [0.5, 0.6) is 0 Å². The molecule has 0 bridgehead atoms. The Labute approximate surface area is 181 Å². The van der Waals surface area contributed by atoms with Gasteiger partial charge in [-0.15, -0.1) is 0 Å². The van der Waals surface area contributed by atoms with Crippen LogP contribution >= 0.6 is 0 Å². The third-order valence-corrected chi connectivity index (χ3v) is 8.13. The Morgan fingerprint density at radius 1 is 0.724 bits per heavy atom. The topological polar surface area (TPSA) is 12.9 Å². The van der Waals surface area contributed by atoms with Gasteiger partial charge in [0.15, 0.2) is 0 Å². The number of unbranched alkanes of at least 4 members (excludes halogenated alkanes) is 5. The van der Waals surface area contributed by atoms with Crippen molar-refractivity contribution in [2.45, 2.75) is 129 Å². The van der Waals surface area contributed by atoms with Gasteiger partial charge in [0.1, 0.15) is 0 Å². The van der Waals surface area contributed by atoms with Crippen molar-refractivity contribution >= 4 is 0 Å². The lowest BCUT2D eigenvalue weighted by atomic mass is 9.68. The highest BCUT2D eigenvalue weighted by Gasteiger charge is 2.31. The van der Waals surface area contributed by atoms with Crippen LogP contribution in [0, 0.1) is 17.8 Å². The van der Waals surface area contributed by atoms with E-state index in [0.717, 1.165) is 23.7 Å². The van der Waals surface area contributed by atoms with Crippen molar-refractivity contribution in [3.63, 3.8) is 0 Å². The molecule has 1 heterocycles. The van der Waals surface area contributed by atoms with E-state index in [2.05, 4.69) is 32.2 Å². The normalized spacial score (nSPS) is 27.8. The molecule has 0 saturated heterocycles. The van der Waals surface area contributed by atoms with Crippen molar-refractivity contribution in [1.29, 1.82) is 0 Å². The van der Waals surface area contributed by atoms with Gasteiger partial charge in [0.05, 0.1) is 0 Å². The van der Waals surface area contributed by atoms with Gasteiger partial charge in [-0.05, 0) is 80.8 Å². The molecular weight excluding hydrogens is 350 g/mol. The molecule has 0 radical (unpaired) electrons. The summed E-state index contributed by atoms with van der Waals surface area (Å²) in [6.07, 6.45) is 26.4. The largest absolute Gasteiger partial charge is 0.261 e. The first kappa shape index (κ1) is 22.8. The van der Waals surface area contributed by atoms with Crippen LogP contribution < -0.4 is 0 Å². The molecule has 29 heavy (non-hydrogen) atoms. The molecule has 0 spiro atoms. The molecule has 164 valence electrons. The summed E-state index contributed by atoms with van der Waals surface area (Å²) in [5.74, 6) is 3.84. The smallest absolute Gasteiger partial charge is 0.0434 e. The van der Waals surface area contributed by atoms with Gasteiger partial charge in [-0.3, -0.25) is 4.98 Å². The van der Waals surface area contributed by atoms with Crippen molar-refractivity contribution < 1.29 is 0 Å². The summed E-state index contributed by atoms with van der Waals surface area (Å²) in [5.41, 5.74) is 2.79. The van der Waals surface area contributed by atoms with E-state index in [-0.39, 0.29) is 0 Å². The Morgan fingerprint density at radius 3 is 2.00 bits per heavy atom. The summed E-state index contributed by atoms with van der Waals surface area (Å²) in [4.78, 5) is 4.85. The second-order valence-corrected chi connectivity index (χ2v) is 10.3. The molecule has 1 aromatic rings. The first-order chi connectivity index (χ1) is 14.3. The highest BCUT2D eigenvalue weighted by Crippen LogP contribution is 2.44. The maximum Gasteiger partial charge on any atom is 0.0434 e. The minimum Gasteiger partial charge on any atom is -0.261 e. The van der Waals surface area contributed by atoms with Gasteiger partial charge in [-0.2, -0.15) is 0 Å². The van der Waals surface area contributed by atoms with Crippen molar-refractivity contribution in [2.75, 3.05) is 0 Å². The number of pyridine rings is 1. The predicted octanol–water partition coefficient (Wildman–Crippen LogP) is 8.86. The average Bonchev–Trinajstić information content (AvgIpc) is 2.78. The average molecular weight is 398 g/mol. The second-order valence-electron chi connectivity index (χ2n) is 10.3. The van der Waals surface area contributed by atoms with Crippen LogP contribution in [-0.4, -0.2) is 4.98 Å². The monoisotopic (exact) mass is 397 g/mol. The SMILES string of the molecule is CCCCCCC[C@H]1CC[C@H](C2CCC(c3ccc(CCCC)cn3)CC2)CC1. The van der Waals surface area contributed by atoms with Crippen LogP contribution in [0.2, 0.25) is 0 Å². The second kappa shape index (κ2) is 12.8. The van der Waals surface area contributed by atoms with Crippen molar-refractivity contribution in [3.05, 3.63) is 29.6 Å². The number of aromatic nitrogens is 1. The summed E-state index contributed by atoms with van der Waals surface area (Å²) in [6, 6.07) is 4.68. The van der Waals surface area contributed by atoms with Crippen molar-refractivity contribution in [1.82, 2.24) is 4.98 Å². The Balaban J connectivity index is 1.34. The fourth-order valence-electron chi connectivity index (χ4n) is 6.08. The van der Waals surface area contributed by atoms with E-state index < -0.39 is 0 Å². The zero-order valence-corrected chi connectivity index (χ0v) is 19.5. The fraction of sp³-hybridized carbons (Fsp3) is 0.821. The summed E-state index contributed by atoms with van der Waals surface area (Å²) >= 11 is 0. The van der Waals surface area contributed by atoms with Gasteiger partial charge in [0.25, 0.3) is 0 Å². The molecule has 0 aromatic carbocycles. The van der Waals surface area contributed by atoms with Gasteiger partial charge >= 0.3 is 0 Å². The third-order valence-electron chi connectivity index (χ3n) is 8.13. The van der Waals surface area contributed by atoms with Gasteiger partial charge in [-0.25, -0.2) is 0 Å². The van der Waals surface area contributed by atoms with Crippen molar-refractivity contribution in [3.8, 4) is 0 Å². The minimum atomic E-state index is 0.728. The lowest BCUT2D eigenvalue weighted by Crippen LogP contribution is -2.25. The van der Waals surface area contributed by atoms with E-state index in [9.17, 15) is 0 Å². The van der Waals surface area contributed by atoms with Crippen LogP contribution in [0.3, 0.4) is 0 Å². The summed E-state index contributed by atoms with van der Waals surface area (Å²) in [7, 11) is 0. The molecule has 1 nitrogen and oxygen atoms in total. The Hall–Kier alpha value is -0.850. The van der Waals surface area contributed by atoms with E-state index in [0.29, 0.717) is 0 Å². The van der Waals surface area contributed by atoms with E-state index in [1.807, 2.05) is 0 Å². The highest BCUT2D eigenvalue weighted by atomic mass is 14.7. The molecule has 0 N–H and O–H groups in total. The summed E-state index contributed by atoms with van der Waals surface area (Å²) in [6.45, 7) is 4.58. The van der Waals surface area contributed by atoms with Gasteiger partial charge in [0, 0.05) is 17.8 Å². The number of hydrogen-bond donors (Lipinski definition) is 0. The van der Waals surface area contributed by atoms with Crippen LogP contribution in [0.1, 0.15) is 134 Å². The first-order valence-corrected chi connectivity index (χ1v) is 13.2. The van der Waals surface area contributed by atoms with Crippen molar-refractivity contribution in [2.24, 2.45) is 17.8 Å². The molecule has 2 saturated carbocycles. The Kier molecular flexibility index (Phi) is 10.0. The summed E-state index contributed by atoms with van der Waals surface area (Å²) in [5, 5.41) is 0. The van der Waals surface area contributed by atoms with Crippen LogP contribution in [-0.2, 0) is 6.42 Å². The molecule has 0 aliphatic heterocycles. The molecule has 0 atom stereocenters. The predicted molar refractivity (Wildman–Crippen MR) is 126 cm³/mol. The van der Waals surface area contributed by atoms with Crippen LogP contribution in [0.15, 0.2) is 18.3 Å². The van der Waals surface area contributed by atoms with Crippen LogP contribution in [0.4, 0.5) is 0 Å². The number of hydrogen-bond acceptors (Lipinski definition) is 1. The molecule has 2 aliphatic rings.